The lowest BCUT2D eigenvalue weighted by atomic mass is 10.1. The second-order valence-electron chi connectivity index (χ2n) is 3.89. The highest BCUT2D eigenvalue weighted by atomic mass is 35.5. The third kappa shape index (κ3) is 2.39. The number of piperidine rings is 1. The Morgan fingerprint density at radius 1 is 1.29 bits per heavy atom. The maximum Gasteiger partial charge on any atom is 0.294 e. The van der Waals surface area contributed by atoms with Crippen LogP contribution in [0.2, 0.25) is 5.02 Å². The van der Waals surface area contributed by atoms with Gasteiger partial charge in [-0.2, -0.15) is 0 Å². The van der Waals surface area contributed by atoms with Crippen LogP contribution in [0.4, 0.5) is 11.4 Å². The van der Waals surface area contributed by atoms with E-state index in [1.807, 2.05) is 4.90 Å². The van der Waals surface area contributed by atoms with Gasteiger partial charge in [0.1, 0.15) is 11.5 Å². The van der Waals surface area contributed by atoms with Crippen molar-refractivity contribution in [2.24, 2.45) is 0 Å². The Bertz CT molecular complexity index is 466. The molecule has 2 rings (SSSR count). The van der Waals surface area contributed by atoms with Crippen LogP contribution in [0.15, 0.2) is 18.2 Å². The van der Waals surface area contributed by atoms with Gasteiger partial charge in [-0.15, -0.1) is 0 Å². The molecule has 1 aliphatic rings. The van der Waals surface area contributed by atoms with Crippen LogP contribution in [-0.2, 0) is 4.79 Å². The first-order valence-corrected chi connectivity index (χ1v) is 5.67. The number of para-hydroxylation sites is 1. The van der Waals surface area contributed by atoms with E-state index in [2.05, 4.69) is 0 Å². The van der Waals surface area contributed by atoms with Gasteiger partial charge in [0.15, 0.2) is 0 Å². The molecule has 0 spiro atoms. The number of hydrogen-bond acceptors (Lipinski definition) is 4. The van der Waals surface area contributed by atoms with Crippen LogP contribution in [0, 0.1) is 10.1 Å². The Morgan fingerprint density at radius 2 is 1.94 bits per heavy atom. The number of halogens is 1. The molecular formula is C11H11ClN2O3. The molecule has 0 amide bonds. The zero-order chi connectivity index (χ0) is 12.4. The summed E-state index contributed by atoms with van der Waals surface area (Å²) < 4.78 is 0. The monoisotopic (exact) mass is 254 g/mol. The Labute approximate surface area is 103 Å². The number of rotatable bonds is 2. The van der Waals surface area contributed by atoms with Crippen LogP contribution in [-0.4, -0.2) is 23.8 Å². The standard InChI is InChI=1S/C11H11ClN2O3/c12-9-2-1-3-10(14(16)17)11(9)13-6-4-8(15)5-7-13/h1-3H,4-7H2. The Hall–Kier alpha value is -1.62. The van der Waals surface area contributed by atoms with E-state index in [4.69, 9.17) is 11.6 Å². The Balaban J connectivity index is 2.36. The maximum atomic E-state index is 11.2. The summed E-state index contributed by atoms with van der Waals surface area (Å²) in [5.41, 5.74) is 0.415. The molecule has 1 aliphatic heterocycles. The zero-order valence-electron chi connectivity index (χ0n) is 9.06. The van der Waals surface area contributed by atoms with Crippen LogP contribution in [0.25, 0.3) is 0 Å². The molecule has 5 nitrogen and oxygen atoms in total. The number of carbonyl (C=O) groups excluding carboxylic acids is 1. The molecular weight excluding hydrogens is 244 g/mol. The first-order chi connectivity index (χ1) is 8.09. The fourth-order valence-corrected chi connectivity index (χ4v) is 2.23. The van der Waals surface area contributed by atoms with Gasteiger partial charge in [-0.25, -0.2) is 0 Å². The van der Waals surface area contributed by atoms with E-state index >= 15 is 0 Å². The van der Waals surface area contributed by atoms with Crippen molar-refractivity contribution in [3.8, 4) is 0 Å². The number of hydrogen-bond donors (Lipinski definition) is 0. The van der Waals surface area contributed by atoms with Crippen LogP contribution < -0.4 is 4.90 Å². The number of carbonyl (C=O) groups is 1. The van der Waals surface area contributed by atoms with Crippen molar-refractivity contribution in [3.05, 3.63) is 33.3 Å². The molecule has 0 bridgehead atoms. The molecule has 1 aromatic carbocycles. The number of nitro benzene ring substituents is 1. The molecule has 17 heavy (non-hydrogen) atoms. The van der Waals surface area contributed by atoms with Gasteiger partial charge in [-0.05, 0) is 6.07 Å². The van der Waals surface area contributed by atoms with Gasteiger partial charge in [-0.1, -0.05) is 17.7 Å². The average molecular weight is 255 g/mol. The number of Topliss-reactive ketones (excluding diaryl/α,β-unsaturated/α-hetero) is 1. The highest BCUT2D eigenvalue weighted by Crippen LogP contribution is 2.36. The molecule has 1 fully saturated rings. The van der Waals surface area contributed by atoms with E-state index < -0.39 is 4.92 Å². The topological polar surface area (TPSA) is 63.5 Å². The average Bonchev–Trinajstić information content (AvgIpc) is 2.30. The molecule has 6 heteroatoms. The van der Waals surface area contributed by atoms with E-state index in [-0.39, 0.29) is 11.5 Å². The minimum absolute atomic E-state index is 0.00755. The fraction of sp³-hybridized carbons (Fsp3) is 0.364. The quantitative estimate of drug-likeness (QED) is 0.601. The van der Waals surface area contributed by atoms with Gasteiger partial charge >= 0.3 is 0 Å². The molecule has 0 radical (unpaired) electrons. The number of ketones is 1. The van der Waals surface area contributed by atoms with E-state index in [0.717, 1.165) is 0 Å². The summed E-state index contributed by atoms with van der Waals surface area (Å²) in [6, 6.07) is 4.61. The van der Waals surface area contributed by atoms with Crippen molar-refractivity contribution in [2.75, 3.05) is 18.0 Å². The Morgan fingerprint density at radius 3 is 2.53 bits per heavy atom. The summed E-state index contributed by atoms with van der Waals surface area (Å²) in [6.45, 7) is 0.979. The summed E-state index contributed by atoms with van der Waals surface area (Å²) in [4.78, 5) is 23.4. The van der Waals surface area contributed by atoms with Crippen molar-refractivity contribution in [1.82, 2.24) is 0 Å². The number of benzene rings is 1. The largest absolute Gasteiger partial charge is 0.364 e. The molecule has 1 heterocycles. The summed E-state index contributed by atoms with van der Waals surface area (Å²) in [5, 5.41) is 11.3. The van der Waals surface area contributed by atoms with Crippen molar-refractivity contribution < 1.29 is 9.72 Å². The third-order valence-electron chi connectivity index (χ3n) is 2.80. The van der Waals surface area contributed by atoms with Gasteiger partial charge in [0.25, 0.3) is 5.69 Å². The lowest BCUT2D eigenvalue weighted by Gasteiger charge is -2.28. The molecule has 90 valence electrons. The van der Waals surface area contributed by atoms with Gasteiger partial charge in [-0.3, -0.25) is 14.9 Å². The fourth-order valence-electron chi connectivity index (χ4n) is 1.94. The summed E-state index contributed by atoms with van der Waals surface area (Å²) in [7, 11) is 0. The summed E-state index contributed by atoms with van der Waals surface area (Å²) in [6.07, 6.45) is 0.838. The van der Waals surface area contributed by atoms with Crippen LogP contribution in [0.5, 0.6) is 0 Å². The molecule has 0 unspecified atom stereocenters. The lowest BCUT2D eigenvalue weighted by Crippen LogP contribution is -2.34. The molecule has 0 aliphatic carbocycles. The molecule has 0 atom stereocenters. The van der Waals surface area contributed by atoms with Crippen molar-refractivity contribution >= 4 is 28.8 Å². The van der Waals surface area contributed by atoms with Gasteiger partial charge in [0.05, 0.1) is 9.95 Å². The lowest BCUT2D eigenvalue weighted by molar-refractivity contribution is -0.384. The summed E-state index contributed by atoms with van der Waals surface area (Å²) in [5.74, 6) is 0.191. The SMILES string of the molecule is O=C1CCN(c2c(Cl)cccc2[N+](=O)[O-])CC1. The molecule has 0 aromatic heterocycles. The minimum atomic E-state index is -0.447. The van der Waals surface area contributed by atoms with Crippen LogP contribution in [0.1, 0.15) is 12.8 Å². The predicted molar refractivity (Wildman–Crippen MR) is 64.6 cm³/mol. The molecule has 1 saturated heterocycles. The first kappa shape index (κ1) is 11.9. The Kier molecular flexibility index (Phi) is 3.28. The second-order valence-corrected chi connectivity index (χ2v) is 4.30. The van der Waals surface area contributed by atoms with E-state index in [1.54, 1.807) is 12.1 Å². The molecule has 0 N–H and O–H groups in total. The molecule has 0 saturated carbocycles. The van der Waals surface area contributed by atoms with Crippen molar-refractivity contribution in [2.45, 2.75) is 12.8 Å². The van der Waals surface area contributed by atoms with E-state index in [1.165, 1.54) is 6.07 Å². The normalized spacial score (nSPS) is 16.1. The number of nitrogens with zero attached hydrogens (tertiary/aromatic N) is 2. The van der Waals surface area contributed by atoms with Crippen LogP contribution >= 0.6 is 11.6 Å². The third-order valence-corrected chi connectivity index (χ3v) is 3.10. The highest BCUT2D eigenvalue weighted by molar-refractivity contribution is 6.33. The van der Waals surface area contributed by atoms with E-state index in [9.17, 15) is 14.9 Å². The summed E-state index contributed by atoms with van der Waals surface area (Å²) >= 11 is 6.01. The van der Waals surface area contributed by atoms with Gasteiger partial charge in [0.2, 0.25) is 0 Å². The predicted octanol–water partition coefficient (Wildman–Crippen LogP) is 2.42. The van der Waals surface area contributed by atoms with Crippen molar-refractivity contribution in [1.29, 1.82) is 0 Å². The molecule has 1 aromatic rings. The smallest absolute Gasteiger partial charge is 0.294 e. The maximum absolute atomic E-state index is 11.2. The highest BCUT2D eigenvalue weighted by Gasteiger charge is 2.25. The second kappa shape index (κ2) is 4.71. The van der Waals surface area contributed by atoms with E-state index in [0.29, 0.717) is 36.6 Å². The van der Waals surface area contributed by atoms with Crippen LogP contribution in [0.3, 0.4) is 0 Å². The zero-order valence-corrected chi connectivity index (χ0v) is 9.81. The van der Waals surface area contributed by atoms with Gasteiger partial charge < -0.3 is 4.90 Å². The minimum Gasteiger partial charge on any atom is -0.364 e. The van der Waals surface area contributed by atoms with Gasteiger partial charge in [0, 0.05) is 32.0 Å². The van der Waals surface area contributed by atoms with Crippen molar-refractivity contribution in [3.63, 3.8) is 0 Å². The number of anilines is 1. The first-order valence-electron chi connectivity index (χ1n) is 5.29. The number of nitro groups is 1.